The second kappa shape index (κ2) is 49.2. The van der Waals surface area contributed by atoms with E-state index in [9.17, 15) is 14.3 Å². The molecule has 0 aliphatic rings. The molecular weight excluding hydrogens is 830 g/mol. The second-order valence-corrected chi connectivity index (χ2v) is 21.4. The Bertz CT molecular complexity index is 1140. The molecule has 0 fully saturated rings. The first-order chi connectivity index (χ1) is 31.6. The molecule has 0 aromatic carbocycles. The second-order valence-electron chi connectivity index (χ2n) is 20.0. The third-order valence-corrected chi connectivity index (χ3v) is 13.2. The fourth-order valence-corrected chi connectivity index (χ4v) is 8.64. The highest BCUT2D eigenvalue weighted by molar-refractivity contribution is 7.45. The van der Waals surface area contributed by atoms with E-state index in [-0.39, 0.29) is 25.8 Å². The molecule has 0 heterocycles. The minimum absolute atomic E-state index is 0.0271. The van der Waals surface area contributed by atoms with E-state index < -0.39 is 13.9 Å². The van der Waals surface area contributed by atoms with Gasteiger partial charge in [-0.1, -0.05) is 237 Å². The first-order valence-electron chi connectivity index (χ1n) is 27.7. The van der Waals surface area contributed by atoms with Crippen LogP contribution in [0.4, 0.5) is 0 Å². The fourth-order valence-electron chi connectivity index (χ4n) is 7.91. The van der Waals surface area contributed by atoms with Gasteiger partial charge in [0, 0.05) is 13.0 Å². The maximum atomic E-state index is 12.8. The number of carbonyl (C=O) groups excluding carboxylic acids is 1. The van der Waals surface area contributed by atoms with E-state index in [0.29, 0.717) is 24.1 Å². The highest BCUT2D eigenvalue weighted by atomic mass is 31.2. The number of allylic oxidation sites excluding steroid dienone is 6. The lowest BCUT2D eigenvalue weighted by molar-refractivity contribution is -0.870. The van der Waals surface area contributed by atoms with Crippen LogP contribution >= 0.6 is 7.82 Å². The van der Waals surface area contributed by atoms with Gasteiger partial charge in [0.1, 0.15) is 19.3 Å². The van der Waals surface area contributed by atoms with E-state index in [1.807, 2.05) is 21.1 Å². The van der Waals surface area contributed by atoms with Crippen molar-refractivity contribution in [1.29, 1.82) is 0 Å². The van der Waals surface area contributed by atoms with Crippen LogP contribution in [-0.2, 0) is 27.9 Å². The number of esters is 1. The summed E-state index contributed by atoms with van der Waals surface area (Å²) in [6, 6.07) is 0. The molecule has 2 unspecified atom stereocenters. The van der Waals surface area contributed by atoms with Crippen LogP contribution in [0.5, 0.6) is 0 Å². The Morgan fingerprint density at radius 1 is 0.477 bits per heavy atom. The van der Waals surface area contributed by atoms with Gasteiger partial charge in [0.2, 0.25) is 0 Å². The molecule has 0 amide bonds. The standard InChI is InChI=1S/C56H108NO7P/c1-6-8-10-12-14-16-18-20-22-24-25-26-27-28-29-30-31-32-34-36-38-40-42-44-46-48-51-61-53-55(54-63-65(59,60)62-52-50-57(3,4)5)64-56(58)49-47-45-43-41-39-37-35-33-23-21-19-17-15-13-11-9-7-2/h18,20,24-25,27-28,55H,6-17,19,21-23,26,29-54H2,1-5H3/b20-18-,25-24-,28-27-. The summed E-state index contributed by atoms with van der Waals surface area (Å²) in [4.78, 5) is 25.2. The summed E-state index contributed by atoms with van der Waals surface area (Å²) in [5.74, 6) is -0.330. The number of carbonyl (C=O) groups is 1. The predicted octanol–water partition coefficient (Wildman–Crippen LogP) is 16.7. The van der Waals surface area contributed by atoms with Gasteiger partial charge in [-0.2, -0.15) is 0 Å². The van der Waals surface area contributed by atoms with Crippen LogP contribution in [0, 0.1) is 0 Å². The quantitative estimate of drug-likeness (QED) is 0.0197. The van der Waals surface area contributed by atoms with Gasteiger partial charge in [-0.15, -0.1) is 0 Å². The molecule has 0 bridgehead atoms. The van der Waals surface area contributed by atoms with Crippen molar-refractivity contribution in [3.05, 3.63) is 36.5 Å². The lowest BCUT2D eigenvalue weighted by Gasteiger charge is -2.28. The van der Waals surface area contributed by atoms with Gasteiger partial charge in [0.05, 0.1) is 34.4 Å². The molecule has 384 valence electrons. The van der Waals surface area contributed by atoms with Crippen molar-refractivity contribution in [2.45, 2.75) is 264 Å². The summed E-state index contributed by atoms with van der Waals surface area (Å²) in [5, 5.41) is 0. The van der Waals surface area contributed by atoms with Gasteiger partial charge in [0.15, 0.2) is 0 Å². The summed E-state index contributed by atoms with van der Waals surface area (Å²) < 4.78 is 34.8. The third kappa shape index (κ3) is 53.5. The van der Waals surface area contributed by atoms with Crippen molar-refractivity contribution in [1.82, 2.24) is 0 Å². The van der Waals surface area contributed by atoms with Gasteiger partial charge in [-0.3, -0.25) is 9.36 Å². The number of hydrogen-bond donors (Lipinski definition) is 0. The zero-order valence-corrected chi connectivity index (χ0v) is 44.6. The van der Waals surface area contributed by atoms with E-state index in [0.717, 1.165) is 44.9 Å². The lowest BCUT2D eigenvalue weighted by atomic mass is 10.0. The molecule has 8 nitrogen and oxygen atoms in total. The Balaban J connectivity index is 4.06. The number of hydrogen-bond acceptors (Lipinski definition) is 7. The number of nitrogens with zero attached hydrogens (tertiary/aromatic N) is 1. The minimum Gasteiger partial charge on any atom is -0.756 e. The Morgan fingerprint density at radius 2 is 0.846 bits per heavy atom. The Hall–Kier alpha value is -1.28. The summed E-state index contributed by atoms with van der Waals surface area (Å²) in [6.07, 6.45) is 60.3. The van der Waals surface area contributed by atoms with Crippen LogP contribution in [0.1, 0.15) is 258 Å². The van der Waals surface area contributed by atoms with E-state index in [4.69, 9.17) is 18.5 Å². The number of rotatable bonds is 52. The molecule has 2 atom stereocenters. The maximum absolute atomic E-state index is 12.8. The summed E-state index contributed by atoms with van der Waals surface area (Å²) in [7, 11) is 1.37. The molecule has 9 heteroatoms. The number of unbranched alkanes of at least 4 members (excludes halogenated alkanes) is 32. The van der Waals surface area contributed by atoms with Crippen molar-refractivity contribution < 1.29 is 37.3 Å². The Morgan fingerprint density at radius 3 is 1.26 bits per heavy atom. The van der Waals surface area contributed by atoms with Gasteiger partial charge in [0.25, 0.3) is 7.82 Å². The van der Waals surface area contributed by atoms with E-state index in [1.54, 1.807) is 0 Å². The maximum Gasteiger partial charge on any atom is 0.306 e. The van der Waals surface area contributed by atoms with Crippen molar-refractivity contribution >= 4 is 13.8 Å². The van der Waals surface area contributed by atoms with Crippen molar-refractivity contribution in [3.63, 3.8) is 0 Å². The van der Waals surface area contributed by atoms with E-state index >= 15 is 0 Å². The molecule has 0 aliphatic heterocycles. The smallest absolute Gasteiger partial charge is 0.306 e. The number of likely N-dealkylation sites (N-methyl/N-ethyl adjacent to an activating group) is 1. The molecule has 0 saturated carbocycles. The first-order valence-corrected chi connectivity index (χ1v) is 29.2. The van der Waals surface area contributed by atoms with Crippen molar-refractivity contribution in [2.24, 2.45) is 0 Å². The number of phosphoric acid groups is 1. The van der Waals surface area contributed by atoms with Crippen LogP contribution in [-0.4, -0.2) is 70.7 Å². The zero-order valence-electron chi connectivity index (χ0n) is 43.7. The molecule has 0 saturated heterocycles. The zero-order chi connectivity index (χ0) is 47.6. The van der Waals surface area contributed by atoms with E-state index in [2.05, 4.69) is 50.3 Å². The molecule has 0 aromatic rings. The van der Waals surface area contributed by atoms with Gasteiger partial charge < -0.3 is 27.9 Å². The third-order valence-electron chi connectivity index (χ3n) is 12.2. The van der Waals surface area contributed by atoms with Crippen LogP contribution in [0.2, 0.25) is 0 Å². The molecule has 0 aliphatic carbocycles. The van der Waals surface area contributed by atoms with Crippen LogP contribution in [0.15, 0.2) is 36.5 Å². The molecular formula is C56H108NO7P. The minimum atomic E-state index is -4.53. The van der Waals surface area contributed by atoms with Gasteiger partial charge in [-0.05, 0) is 51.4 Å². The van der Waals surface area contributed by atoms with Crippen molar-refractivity contribution in [3.8, 4) is 0 Å². The van der Waals surface area contributed by atoms with Crippen molar-refractivity contribution in [2.75, 3.05) is 54.1 Å². The fraction of sp³-hybridized carbons (Fsp3) is 0.875. The number of phosphoric ester groups is 1. The molecule has 0 N–H and O–H groups in total. The van der Waals surface area contributed by atoms with Crippen LogP contribution in [0.25, 0.3) is 0 Å². The van der Waals surface area contributed by atoms with Crippen LogP contribution in [0.3, 0.4) is 0 Å². The number of ether oxygens (including phenoxy) is 2. The average molecular weight is 938 g/mol. The molecule has 65 heavy (non-hydrogen) atoms. The predicted molar refractivity (Wildman–Crippen MR) is 277 cm³/mol. The highest BCUT2D eigenvalue weighted by Crippen LogP contribution is 2.38. The SMILES string of the molecule is CCCCCCC/C=C\C/C=C\C/C=C\CCCCCCCCCCCCCOCC(COP(=O)([O-])OCC[N+](C)(C)C)OC(=O)CCCCCCCCCCCCCCCCCCC. The van der Waals surface area contributed by atoms with Gasteiger partial charge >= 0.3 is 5.97 Å². The lowest BCUT2D eigenvalue weighted by Crippen LogP contribution is -2.37. The van der Waals surface area contributed by atoms with E-state index in [1.165, 1.54) is 193 Å². The summed E-state index contributed by atoms with van der Waals surface area (Å²) >= 11 is 0. The highest BCUT2D eigenvalue weighted by Gasteiger charge is 2.20. The summed E-state index contributed by atoms with van der Waals surface area (Å²) in [5.41, 5.74) is 0. The Kier molecular flexibility index (Phi) is 48.2. The molecule has 0 radical (unpaired) electrons. The normalized spacial score (nSPS) is 13.8. The first kappa shape index (κ1) is 63.7. The largest absolute Gasteiger partial charge is 0.756 e. The molecule has 0 rings (SSSR count). The average Bonchev–Trinajstić information content (AvgIpc) is 3.27. The van der Waals surface area contributed by atoms with Gasteiger partial charge in [-0.25, -0.2) is 0 Å². The summed E-state index contributed by atoms with van der Waals surface area (Å²) in [6.45, 7) is 5.44. The topological polar surface area (TPSA) is 94.1 Å². The monoisotopic (exact) mass is 938 g/mol. The number of quaternary nitrogens is 1. The van der Waals surface area contributed by atoms with Crippen LogP contribution < -0.4 is 4.89 Å². The molecule has 0 aromatic heterocycles. The Labute approximate surface area is 404 Å². The molecule has 0 spiro atoms.